The Balaban J connectivity index is 1.46. The highest BCUT2D eigenvalue weighted by atomic mass is 16.4. The summed E-state index contributed by atoms with van der Waals surface area (Å²) in [6, 6.07) is 26.9. The van der Waals surface area contributed by atoms with Crippen LogP contribution in [0.3, 0.4) is 0 Å². The van der Waals surface area contributed by atoms with E-state index in [4.69, 9.17) is 4.42 Å². The zero-order chi connectivity index (χ0) is 24.9. The van der Waals surface area contributed by atoms with Crippen LogP contribution in [-0.4, -0.2) is 19.7 Å². The Morgan fingerprint density at radius 3 is 2.39 bits per heavy atom. The normalized spacial score (nSPS) is 10.9. The van der Waals surface area contributed by atoms with Gasteiger partial charge in [-0.1, -0.05) is 74.0 Å². The number of benzene rings is 3. The maximum atomic E-state index is 9.73. The molecular weight excluding hydrogens is 446 g/mol. The number of nitrogens with zero attached hydrogens (tertiary/aromatic N) is 5. The molecule has 2 aromatic heterocycles. The third-order valence-corrected chi connectivity index (χ3v) is 6.29. The van der Waals surface area contributed by atoms with Crippen molar-refractivity contribution in [3.05, 3.63) is 102 Å². The van der Waals surface area contributed by atoms with Gasteiger partial charge in [-0.05, 0) is 40.8 Å². The number of nitriles is 1. The third-order valence-electron chi connectivity index (χ3n) is 6.29. The first kappa shape index (κ1) is 23.3. The number of unbranched alkanes of at least 4 members (excludes halogenated alkanes) is 1. The predicted octanol–water partition coefficient (Wildman–Crippen LogP) is 6.84. The van der Waals surface area contributed by atoms with Crippen molar-refractivity contribution in [3.8, 4) is 39.9 Å². The molecule has 0 aliphatic carbocycles. The summed E-state index contributed by atoms with van der Waals surface area (Å²) >= 11 is 0. The Morgan fingerprint density at radius 2 is 1.69 bits per heavy atom. The van der Waals surface area contributed by atoms with Crippen LogP contribution in [0.5, 0.6) is 0 Å². The van der Waals surface area contributed by atoms with E-state index in [0.717, 1.165) is 58.6 Å². The van der Waals surface area contributed by atoms with Gasteiger partial charge in [0.05, 0.1) is 17.8 Å². The van der Waals surface area contributed by atoms with Gasteiger partial charge in [0.25, 0.3) is 5.89 Å². The highest BCUT2D eigenvalue weighted by Gasteiger charge is 2.17. The highest BCUT2D eigenvalue weighted by Crippen LogP contribution is 2.30. The summed E-state index contributed by atoms with van der Waals surface area (Å²) in [5.74, 6) is 2.02. The molecule has 0 atom stereocenters. The fourth-order valence-electron chi connectivity index (χ4n) is 4.36. The van der Waals surface area contributed by atoms with E-state index in [9.17, 15) is 5.26 Å². The number of hydrogen-bond acceptors (Lipinski definition) is 5. The highest BCUT2D eigenvalue weighted by molar-refractivity contribution is 5.77. The van der Waals surface area contributed by atoms with Gasteiger partial charge >= 0.3 is 0 Å². The fraction of sp³-hybridized carbons (Fsp3) is 0.200. The summed E-state index contributed by atoms with van der Waals surface area (Å²) in [5, 5.41) is 17.9. The Hall–Kier alpha value is -4.50. The molecule has 0 bridgehead atoms. The van der Waals surface area contributed by atoms with E-state index in [1.165, 1.54) is 0 Å². The Labute approximate surface area is 210 Å². The van der Waals surface area contributed by atoms with Crippen LogP contribution in [0.2, 0.25) is 0 Å². The van der Waals surface area contributed by atoms with Gasteiger partial charge in [0, 0.05) is 25.5 Å². The van der Waals surface area contributed by atoms with Crippen LogP contribution in [0.1, 0.15) is 42.6 Å². The number of aryl methyl sites for hydroxylation is 2. The summed E-state index contributed by atoms with van der Waals surface area (Å²) in [4.78, 5) is 4.66. The van der Waals surface area contributed by atoms with Crippen molar-refractivity contribution in [2.24, 2.45) is 0 Å². The molecular formula is C30H27N5O. The van der Waals surface area contributed by atoms with E-state index in [0.29, 0.717) is 23.9 Å². The summed E-state index contributed by atoms with van der Waals surface area (Å²) in [6.45, 7) is 4.61. The molecule has 0 unspecified atom stereocenters. The van der Waals surface area contributed by atoms with Gasteiger partial charge in [-0.3, -0.25) is 0 Å². The second-order valence-electron chi connectivity index (χ2n) is 8.81. The number of hydrogen-bond donors (Lipinski definition) is 0. The van der Waals surface area contributed by atoms with E-state index in [2.05, 4.69) is 75.2 Å². The molecule has 0 N–H and O–H groups in total. The minimum absolute atomic E-state index is 0.482. The van der Waals surface area contributed by atoms with Crippen LogP contribution in [-0.2, 0) is 13.0 Å². The molecule has 36 heavy (non-hydrogen) atoms. The van der Waals surface area contributed by atoms with Crippen molar-refractivity contribution in [1.82, 2.24) is 19.7 Å². The maximum absolute atomic E-state index is 9.73. The molecule has 178 valence electrons. The maximum Gasteiger partial charge on any atom is 0.265 e. The first-order valence-electron chi connectivity index (χ1n) is 12.2. The molecule has 5 rings (SSSR count). The van der Waals surface area contributed by atoms with Gasteiger partial charge in [0.2, 0.25) is 5.89 Å². The second-order valence-corrected chi connectivity index (χ2v) is 8.81. The van der Waals surface area contributed by atoms with Crippen molar-refractivity contribution >= 4 is 0 Å². The van der Waals surface area contributed by atoms with Crippen molar-refractivity contribution in [1.29, 1.82) is 5.26 Å². The second kappa shape index (κ2) is 10.4. The average molecular weight is 474 g/mol. The SMILES string of the molecule is CCCCc1ncc(-c2nnc(C)o2)n1Cc1ccc(-c2cc(-c3ccccc3)ccc2C#N)cc1. The zero-order valence-corrected chi connectivity index (χ0v) is 20.5. The number of imidazole rings is 1. The quantitative estimate of drug-likeness (QED) is 0.246. The third kappa shape index (κ3) is 4.82. The van der Waals surface area contributed by atoms with E-state index in [1.54, 1.807) is 6.92 Å². The monoisotopic (exact) mass is 473 g/mol. The van der Waals surface area contributed by atoms with Gasteiger partial charge < -0.3 is 8.98 Å². The Morgan fingerprint density at radius 1 is 0.917 bits per heavy atom. The average Bonchev–Trinajstić information content (AvgIpc) is 3.53. The van der Waals surface area contributed by atoms with Gasteiger partial charge in [0.1, 0.15) is 11.5 Å². The summed E-state index contributed by atoms with van der Waals surface area (Å²) in [7, 11) is 0. The smallest absolute Gasteiger partial charge is 0.265 e. The lowest BCUT2D eigenvalue weighted by Crippen LogP contribution is -2.07. The van der Waals surface area contributed by atoms with Gasteiger partial charge in [0.15, 0.2) is 0 Å². The first-order chi connectivity index (χ1) is 17.7. The molecule has 0 amide bonds. The Kier molecular flexibility index (Phi) is 6.72. The lowest BCUT2D eigenvalue weighted by molar-refractivity contribution is 0.526. The molecule has 0 fully saturated rings. The van der Waals surface area contributed by atoms with Crippen LogP contribution in [0.4, 0.5) is 0 Å². The molecule has 6 nitrogen and oxygen atoms in total. The van der Waals surface area contributed by atoms with E-state index >= 15 is 0 Å². The van der Waals surface area contributed by atoms with Crippen LogP contribution < -0.4 is 0 Å². The topological polar surface area (TPSA) is 80.5 Å². The Bertz CT molecular complexity index is 1510. The number of aromatic nitrogens is 4. The molecule has 0 aliphatic rings. The minimum atomic E-state index is 0.482. The lowest BCUT2D eigenvalue weighted by Gasteiger charge is -2.12. The summed E-state index contributed by atoms with van der Waals surface area (Å²) in [5.41, 5.74) is 6.78. The van der Waals surface area contributed by atoms with E-state index in [1.807, 2.05) is 36.5 Å². The molecule has 5 aromatic rings. The molecule has 2 heterocycles. The summed E-state index contributed by atoms with van der Waals surface area (Å²) < 4.78 is 7.86. The van der Waals surface area contributed by atoms with Crippen LogP contribution in [0.15, 0.2) is 83.4 Å². The molecule has 0 saturated carbocycles. The van der Waals surface area contributed by atoms with E-state index < -0.39 is 0 Å². The van der Waals surface area contributed by atoms with Crippen LogP contribution in [0, 0.1) is 18.3 Å². The van der Waals surface area contributed by atoms with Gasteiger partial charge in [-0.15, -0.1) is 10.2 Å². The minimum Gasteiger partial charge on any atom is -0.420 e. The van der Waals surface area contributed by atoms with Crippen molar-refractivity contribution < 1.29 is 4.42 Å². The summed E-state index contributed by atoms with van der Waals surface area (Å²) in [6.07, 6.45) is 4.87. The van der Waals surface area contributed by atoms with Gasteiger partial charge in [-0.2, -0.15) is 5.26 Å². The molecule has 3 aromatic carbocycles. The molecule has 6 heteroatoms. The van der Waals surface area contributed by atoms with Crippen molar-refractivity contribution in [3.63, 3.8) is 0 Å². The molecule has 0 saturated heterocycles. The molecule has 0 radical (unpaired) electrons. The standard InChI is InChI=1S/C30H27N5O/c1-3-4-10-29-32-19-28(30-34-33-21(2)36-30)35(29)20-22-11-13-24(14-12-22)27-17-25(15-16-26(27)18-31)23-8-6-5-7-9-23/h5-9,11-17,19H,3-4,10,20H2,1-2H3. The first-order valence-corrected chi connectivity index (χ1v) is 12.2. The predicted molar refractivity (Wildman–Crippen MR) is 140 cm³/mol. The fourth-order valence-corrected chi connectivity index (χ4v) is 4.36. The largest absolute Gasteiger partial charge is 0.420 e. The van der Waals surface area contributed by atoms with Crippen molar-refractivity contribution in [2.75, 3.05) is 0 Å². The lowest BCUT2D eigenvalue weighted by atomic mass is 9.94. The molecule has 0 aliphatic heterocycles. The number of rotatable bonds is 8. The molecule has 0 spiro atoms. The van der Waals surface area contributed by atoms with Crippen molar-refractivity contribution in [2.45, 2.75) is 39.7 Å². The zero-order valence-electron chi connectivity index (χ0n) is 20.5. The van der Waals surface area contributed by atoms with Crippen LogP contribution >= 0.6 is 0 Å². The van der Waals surface area contributed by atoms with Crippen LogP contribution in [0.25, 0.3) is 33.8 Å². The van der Waals surface area contributed by atoms with Gasteiger partial charge in [-0.25, -0.2) is 4.98 Å². The van der Waals surface area contributed by atoms with E-state index in [-0.39, 0.29) is 0 Å².